The minimum atomic E-state index is -0.533. The Morgan fingerprint density at radius 2 is 1.61 bits per heavy atom. The molecule has 0 aliphatic carbocycles. The van der Waals surface area contributed by atoms with Crippen LogP contribution in [0.3, 0.4) is 0 Å². The van der Waals surface area contributed by atoms with E-state index in [1.807, 2.05) is 36.0 Å². The highest BCUT2D eigenvalue weighted by atomic mass is 32.2. The quantitative estimate of drug-likeness (QED) is 0.743. The number of rotatable bonds is 6. The van der Waals surface area contributed by atoms with E-state index in [1.165, 1.54) is 30.6 Å². The number of hydrogen-bond acceptors (Lipinski definition) is 5. The zero-order chi connectivity index (χ0) is 19.7. The lowest BCUT2D eigenvalue weighted by Gasteiger charge is -2.43. The summed E-state index contributed by atoms with van der Waals surface area (Å²) in [5.74, 6) is 1.14. The predicted molar refractivity (Wildman–Crippen MR) is 113 cm³/mol. The van der Waals surface area contributed by atoms with Crippen LogP contribution in [0.1, 0.15) is 44.3 Å². The molecule has 2 bridgehead atoms. The lowest BCUT2D eigenvalue weighted by Crippen LogP contribution is -2.50. The maximum Gasteiger partial charge on any atom is 0.118 e. The number of benzene rings is 2. The van der Waals surface area contributed by atoms with Gasteiger partial charge in [0.15, 0.2) is 0 Å². The number of thioether (sulfide) groups is 1. The van der Waals surface area contributed by atoms with E-state index in [9.17, 15) is 10.2 Å². The molecule has 0 spiro atoms. The van der Waals surface area contributed by atoms with Crippen molar-refractivity contribution in [3.05, 3.63) is 54.1 Å². The van der Waals surface area contributed by atoms with E-state index in [-0.39, 0.29) is 11.8 Å². The molecule has 4 atom stereocenters. The van der Waals surface area contributed by atoms with Crippen LogP contribution in [0.15, 0.2) is 53.4 Å². The maximum atomic E-state index is 10.9. The molecule has 28 heavy (non-hydrogen) atoms. The summed E-state index contributed by atoms with van der Waals surface area (Å²) >= 11 is 1.98. The van der Waals surface area contributed by atoms with E-state index < -0.39 is 6.10 Å². The van der Waals surface area contributed by atoms with E-state index in [0.717, 1.165) is 11.3 Å². The highest BCUT2D eigenvalue weighted by Crippen LogP contribution is 2.44. The van der Waals surface area contributed by atoms with Gasteiger partial charge in [0.05, 0.1) is 13.2 Å². The third kappa shape index (κ3) is 4.02. The second-order valence-corrected chi connectivity index (χ2v) is 9.37. The first-order valence-corrected chi connectivity index (χ1v) is 11.0. The van der Waals surface area contributed by atoms with Gasteiger partial charge in [0, 0.05) is 28.3 Å². The van der Waals surface area contributed by atoms with E-state index in [1.54, 1.807) is 19.2 Å². The Morgan fingerprint density at radius 3 is 2.18 bits per heavy atom. The topological polar surface area (TPSA) is 52.9 Å². The molecule has 5 heteroatoms. The van der Waals surface area contributed by atoms with Crippen LogP contribution in [0, 0.1) is 0 Å². The van der Waals surface area contributed by atoms with Gasteiger partial charge in [0.25, 0.3) is 0 Å². The van der Waals surface area contributed by atoms with Crippen molar-refractivity contribution < 1.29 is 14.9 Å². The largest absolute Gasteiger partial charge is 0.508 e. The lowest BCUT2D eigenvalue weighted by molar-refractivity contribution is 0.0115. The predicted octanol–water partition coefficient (Wildman–Crippen LogP) is 4.61. The molecule has 0 aromatic heterocycles. The summed E-state index contributed by atoms with van der Waals surface area (Å²) < 4.78 is 5.26. The molecule has 2 N–H and O–H groups in total. The van der Waals surface area contributed by atoms with E-state index in [2.05, 4.69) is 24.0 Å². The second kappa shape index (κ2) is 8.36. The second-order valence-electron chi connectivity index (χ2n) is 8.00. The average Bonchev–Trinajstić information content (AvgIpc) is 2.98. The Labute approximate surface area is 171 Å². The summed E-state index contributed by atoms with van der Waals surface area (Å²) in [7, 11) is 1.70. The molecular formula is C23H29NO3S. The van der Waals surface area contributed by atoms with Gasteiger partial charge in [0.2, 0.25) is 0 Å². The highest BCUT2D eigenvalue weighted by molar-refractivity contribution is 8.00. The van der Waals surface area contributed by atoms with Crippen molar-refractivity contribution in [2.75, 3.05) is 7.11 Å². The summed E-state index contributed by atoms with van der Waals surface area (Å²) in [6.45, 7) is 2.14. The normalized spacial score (nSPS) is 26.8. The summed E-state index contributed by atoms with van der Waals surface area (Å²) in [6, 6.07) is 16.5. The third-order valence-corrected chi connectivity index (χ3v) is 7.53. The number of aliphatic hydroxyl groups is 1. The molecule has 2 aliphatic heterocycles. The van der Waals surface area contributed by atoms with Gasteiger partial charge in [-0.3, -0.25) is 4.90 Å². The fourth-order valence-corrected chi connectivity index (χ4v) is 6.20. The van der Waals surface area contributed by atoms with Gasteiger partial charge in [-0.2, -0.15) is 0 Å². The zero-order valence-corrected chi connectivity index (χ0v) is 17.3. The molecule has 4 nitrogen and oxygen atoms in total. The molecule has 4 rings (SSSR count). The number of hydrogen-bond donors (Lipinski definition) is 2. The molecule has 0 amide bonds. The minimum Gasteiger partial charge on any atom is -0.508 e. The first-order chi connectivity index (χ1) is 13.5. The van der Waals surface area contributed by atoms with Crippen LogP contribution in [0.4, 0.5) is 0 Å². The van der Waals surface area contributed by atoms with Gasteiger partial charge >= 0.3 is 0 Å². The van der Waals surface area contributed by atoms with Crippen molar-refractivity contribution in [2.24, 2.45) is 0 Å². The van der Waals surface area contributed by atoms with Crippen LogP contribution < -0.4 is 4.74 Å². The molecule has 4 unspecified atom stereocenters. The molecule has 2 aromatic carbocycles. The molecule has 2 aromatic rings. The van der Waals surface area contributed by atoms with Crippen molar-refractivity contribution in [1.82, 2.24) is 4.90 Å². The Hall–Kier alpha value is -1.69. The van der Waals surface area contributed by atoms with Crippen molar-refractivity contribution in [3.63, 3.8) is 0 Å². The monoisotopic (exact) mass is 399 g/mol. The zero-order valence-electron chi connectivity index (χ0n) is 16.5. The average molecular weight is 400 g/mol. The number of ether oxygens (including phenoxy) is 1. The molecule has 2 heterocycles. The number of fused-ring (bicyclic) bond motifs is 2. The van der Waals surface area contributed by atoms with Crippen molar-refractivity contribution in [3.8, 4) is 11.5 Å². The van der Waals surface area contributed by atoms with Gasteiger partial charge in [-0.15, -0.1) is 11.8 Å². The third-order valence-electron chi connectivity index (χ3n) is 6.27. The van der Waals surface area contributed by atoms with Crippen LogP contribution in [0.5, 0.6) is 11.5 Å². The maximum absolute atomic E-state index is 10.9. The molecule has 2 saturated heterocycles. The Morgan fingerprint density at radius 1 is 1.00 bits per heavy atom. The Kier molecular flexibility index (Phi) is 5.85. The van der Waals surface area contributed by atoms with Crippen LogP contribution in [0.25, 0.3) is 0 Å². The number of aromatic hydroxyl groups is 1. The molecule has 2 fully saturated rings. The Bertz CT molecular complexity index is 765. The molecule has 0 radical (unpaired) electrons. The fourth-order valence-electron chi connectivity index (χ4n) is 4.88. The smallest absolute Gasteiger partial charge is 0.118 e. The van der Waals surface area contributed by atoms with Gasteiger partial charge < -0.3 is 14.9 Å². The number of piperidine rings is 1. The van der Waals surface area contributed by atoms with Crippen LogP contribution in [0.2, 0.25) is 0 Å². The van der Waals surface area contributed by atoms with E-state index in [4.69, 9.17) is 4.74 Å². The van der Waals surface area contributed by atoms with E-state index in [0.29, 0.717) is 17.3 Å². The standard InChI is InChI=1S/C23H29NO3S/c1-15(23(26)16-3-7-19(25)8-4-16)24-17-5-6-18(24)14-22(13-17)28-21-11-9-20(27-2)10-12-21/h3-4,7-12,15,17-18,22-23,25-26H,5-6,13-14H2,1-2H3. The highest BCUT2D eigenvalue weighted by Gasteiger charge is 2.44. The minimum absolute atomic E-state index is 0.0778. The molecule has 0 saturated carbocycles. The van der Waals surface area contributed by atoms with Crippen LogP contribution in [-0.2, 0) is 0 Å². The number of phenols is 1. The van der Waals surface area contributed by atoms with Crippen molar-refractivity contribution in [1.29, 1.82) is 0 Å². The number of aliphatic hydroxyl groups excluding tert-OH is 1. The van der Waals surface area contributed by atoms with E-state index >= 15 is 0 Å². The van der Waals surface area contributed by atoms with Gasteiger partial charge in [-0.25, -0.2) is 0 Å². The number of nitrogens with zero attached hydrogens (tertiary/aromatic N) is 1. The number of methoxy groups -OCH3 is 1. The first kappa shape index (κ1) is 19.6. The Balaban J connectivity index is 1.41. The van der Waals surface area contributed by atoms with Gasteiger partial charge in [-0.1, -0.05) is 12.1 Å². The molecular weight excluding hydrogens is 370 g/mol. The summed E-state index contributed by atoms with van der Waals surface area (Å²) in [4.78, 5) is 3.86. The van der Waals surface area contributed by atoms with Crippen LogP contribution >= 0.6 is 11.8 Å². The lowest BCUT2D eigenvalue weighted by atomic mass is 9.95. The summed E-state index contributed by atoms with van der Waals surface area (Å²) in [5.41, 5.74) is 0.874. The van der Waals surface area contributed by atoms with Crippen LogP contribution in [-0.4, -0.2) is 45.6 Å². The molecule has 150 valence electrons. The summed E-state index contributed by atoms with van der Waals surface area (Å²) in [6.07, 6.45) is 4.24. The van der Waals surface area contributed by atoms with Crippen molar-refractivity contribution >= 4 is 11.8 Å². The summed E-state index contributed by atoms with van der Waals surface area (Å²) in [5, 5.41) is 21.0. The SMILES string of the molecule is COc1ccc(SC2CC3CCC(C2)N3C(C)C(O)c2ccc(O)cc2)cc1. The van der Waals surface area contributed by atoms with Gasteiger partial charge in [-0.05, 0) is 74.6 Å². The van der Waals surface area contributed by atoms with Crippen molar-refractivity contribution in [2.45, 2.75) is 67.0 Å². The number of phenolic OH excluding ortho intramolecular Hbond substituents is 1. The van der Waals surface area contributed by atoms with Gasteiger partial charge in [0.1, 0.15) is 11.5 Å². The first-order valence-electron chi connectivity index (χ1n) is 10.1. The fraction of sp³-hybridized carbons (Fsp3) is 0.478. The molecule has 2 aliphatic rings.